The van der Waals surface area contributed by atoms with Gasteiger partial charge >= 0.3 is 0 Å². The Hall–Kier alpha value is -1.68. The lowest BCUT2D eigenvalue weighted by Crippen LogP contribution is -1.98. The van der Waals surface area contributed by atoms with Crippen LogP contribution in [0.4, 0.5) is 0 Å². The zero-order valence-electron chi connectivity index (χ0n) is 9.21. The first-order chi connectivity index (χ1) is 8.43. The van der Waals surface area contributed by atoms with E-state index in [-0.39, 0.29) is 0 Å². The van der Waals surface area contributed by atoms with Gasteiger partial charge in [-0.15, -0.1) is 11.3 Å². The van der Waals surface area contributed by atoms with Gasteiger partial charge in [-0.2, -0.15) is 5.10 Å². The molecule has 3 aromatic rings. The highest BCUT2D eigenvalue weighted by molar-refractivity contribution is 7.16. The molecule has 0 aromatic carbocycles. The Kier molecular flexibility index (Phi) is 1.87. The molecule has 0 N–H and O–H groups in total. The molecule has 1 aliphatic rings. The molecule has 1 aliphatic carbocycles. The lowest BCUT2D eigenvalue weighted by molar-refractivity contribution is 0.837. The minimum absolute atomic E-state index is 0.678. The summed E-state index contributed by atoms with van der Waals surface area (Å²) >= 11 is 1.74. The van der Waals surface area contributed by atoms with E-state index in [1.54, 1.807) is 11.3 Å². The number of nitrogens with zero attached hydrogens (tertiary/aromatic N) is 3. The molecule has 3 nitrogen and oxygen atoms in total. The van der Waals surface area contributed by atoms with E-state index in [9.17, 15) is 0 Å². The van der Waals surface area contributed by atoms with Crippen LogP contribution in [-0.2, 0) is 0 Å². The second-order valence-corrected chi connectivity index (χ2v) is 5.29. The average molecular weight is 241 g/mol. The molecule has 0 spiro atoms. The molecule has 0 bridgehead atoms. The molecule has 4 rings (SSSR count). The summed E-state index contributed by atoms with van der Waals surface area (Å²) in [4.78, 5) is 5.59. The van der Waals surface area contributed by atoms with Crippen LogP contribution < -0.4 is 0 Å². The molecule has 1 saturated carbocycles. The topological polar surface area (TPSA) is 30.7 Å². The van der Waals surface area contributed by atoms with E-state index in [4.69, 9.17) is 5.10 Å². The molecule has 0 saturated heterocycles. The first-order valence-electron chi connectivity index (χ1n) is 5.81. The number of rotatable bonds is 2. The predicted octanol–water partition coefficient (Wildman–Crippen LogP) is 3.36. The van der Waals surface area contributed by atoms with E-state index in [1.807, 2.05) is 29.1 Å². The Bertz CT molecular complexity index is 664. The fraction of sp³-hybridized carbons (Fsp3) is 0.231. The Morgan fingerprint density at radius 2 is 2.18 bits per heavy atom. The second-order valence-electron chi connectivity index (χ2n) is 4.40. The Morgan fingerprint density at radius 3 is 2.94 bits per heavy atom. The van der Waals surface area contributed by atoms with Crippen molar-refractivity contribution in [2.24, 2.45) is 0 Å². The van der Waals surface area contributed by atoms with Crippen molar-refractivity contribution in [3.63, 3.8) is 0 Å². The van der Waals surface area contributed by atoms with E-state index in [1.165, 1.54) is 28.8 Å². The average Bonchev–Trinajstić information content (AvgIpc) is 2.99. The van der Waals surface area contributed by atoms with Gasteiger partial charge in [-0.3, -0.25) is 0 Å². The number of fused-ring (bicyclic) bond motifs is 1. The van der Waals surface area contributed by atoms with Crippen molar-refractivity contribution in [3.8, 4) is 5.82 Å². The minimum atomic E-state index is 0.678. The van der Waals surface area contributed by atoms with Gasteiger partial charge in [0.2, 0.25) is 0 Å². The van der Waals surface area contributed by atoms with Gasteiger partial charge in [-0.25, -0.2) is 9.67 Å². The molecule has 0 atom stereocenters. The van der Waals surface area contributed by atoms with Crippen LogP contribution in [0.25, 0.3) is 16.0 Å². The van der Waals surface area contributed by atoms with Crippen molar-refractivity contribution in [2.45, 2.75) is 18.8 Å². The standard InChI is InChI=1S/C13H11N3S/c1-2-7-14-11(3-1)16-13-10(6-8-17-13)12(15-16)9-4-5-9/h1-3,6-9H,4-5H2. The third kappa shape index (κ3) is 1.41. The Balaban J connectivity index is 1.98. The lowest BCUT2D eigenvalue weighted by atomic mass is 10.2. The number of thiophene rings is 1. The fourth-order valence-electron chi connectivity index (χ4n) is 2.16. The quantitative estimate of drug-likeness (QED) is 0.688. The highest BCUT2D eigenvalue weighted by atomic mass is 32.1. The van der Waals surface area contributed by atoms with Gasteiger partial charge in [0.15, 0.2) is 5.82 Å². The van der Waals surface area contributed by atoms with Gasteiger partial charge in [-0.05, 0) is 36.4 Å². The van der Waals surface area contributed by atoms with E-state index >= 15 is 0 Å². The zero-order chi connectivity index (χ0) is 11.2. The highest BCUT2D eigenvalue weighted by Crippen LogP contribution is 2.43. The SMILES string of the molecule is c1ccc(-n2nc(C3CC3)c3ccsc32)nc1. The number of aromatic nitrogens is 3. The van der Waals surface area contributed by atoms with E-state index in [2.05, 4.69) is 16.4 Å². The van der Waals surface area contributed by atoms with E-state index in [0.717, 1.165) is 5.82 Å². The highest BCUT2D eigenvalue weighted by Gasteiger charge is 2.29. The summed E-state index contributed by atoms with van der Waals surface area (Å²) < 4.78 is 1.98. The molecule has 3 aromatic heterocycles. The molecule has 0 aliphatic heterocycles. The van der Waals surface area contributed by atoms with Crippen LogP contribution >= 0.6 is 11.3 Å². The molecule has 3 heterocycles. The molecule has 0 amide bonds. The largest absolute Gasteiger partial charge is 0.237 e. The van der Waals surface area contributed by atoms with Crippen LogP contribution in [0.5, 0.6) is 0 Å². The summed E-state index contributed by atoms with van der Waals surface area (Å²) in [6.07, 6.45) is 4.38. The smallest absolute Gasteiger partial charge is 0.154 e. The maximum atomic E-state index is 4.75. The van der Waals surface area contributed by atoms with Crippen LogP contribution in [0.3, 0.4) is 0 Å². The zero-order valence-corrected chi connectivity index (χ0v) is 10.0. The van der Waals surface area contributed by atoms with Gasteiger partial charge in [0, 0.05) is 17.5 Å². The maximum absolute atomic E-state index is 4.75. The van der Waals surface area contributed by atoms with Crippen molar-refractivity contribution in [3.05, 3.63) is 41.5 Å². The summed E-state index contributed by atoms with van der Waals surface area (Å²) in [5, 5.41) is 8.19. The number of pyridine rings is 1. The van der Waals surface area contributed by atoms with Crippen molar-refractivity contribution in [1.29, 1.82) is 0 Å². The van der Waals surface area contributed by atoms with Gasteiger partial charge in [0.05, 0.1) is 5.69 Å². The van der Waals surface area contributed by atoms with Crippen molar-refractivity contribution in [2.75, 3.05) is 0 Å². The van der Waals surface area contributed by atoms with E-state index < -0.39 is 0 Å². The normalized spacial score (nSPS) is 15.5. The lowest BCUT2D eigenvalue weighted by Gasteiger charge is -1.99. The van der Waals surface area contributed by atoms with Crippen LogP contribution in [0.1, 0.15) is 24.5 Å². The fourth-order valence-corrected chi connectivity index (χ4v) is 3.03. The monoisotopic (exact) mass is 241 g/mol. The summed E-state index contributed by atoms with van der Waals surface area (Å²) in [5.74, 6) is 1.59. The van der Waals surface area contributed by atoms with Crippen molar-refractivity contribution in [1.82, 2.24) is 14.8 Å². The Morgan fingerprint density at radius 1 is 1.24 bits per heavy atom. The molecular weight excluding hydrogens is 230 g/mol. The molecule has 0 unspecified atom stereocenters. The maximum Gasteiger partial charge on any atom is 0.154 e. The van der Waals surface area contributed by atoms with Crippen LogP contribution in [-0.4, -0.2) is 14.8 Å². The van der Waals surface area contributed by atoms with Crippen LogP contribution in [0, 0.1) is 0 Å². The minimum Gasteiger partial charge on any atom is -0.237 e. The molecule has 4 heteroatoms. The molecule has 0 radical (unpaired) electrons. The van der Waals surface area contributed by atoms with Crippen molar-refractivity contribution < 1.29 is 0 Å². The number of hydrogen-bond acceptors (Lipinski definition) is 3. The van der Waals surface area contributed by atoms with Crippen molar-refractivity contribution >= 4 is 21.6 Å². The Labute approximate surface area is 103 Å². The number of hydrogen-bond donors (Lipinski definition) is 0. The van der Waals surface area contributed by atoms with Crippen LogP contribution in [0.2, 0.25) is 0 Å². The second kappa shape index (κ2) is 3.40. The molecular formula is C13H11N3S. The summed E-state index contributed by atoms with van der Waals surface area (Å²) in [6.45, 7) is 0. The third-order valence-corrected chi connectivity index (χ3v) is 4.04. The molecule has 84 valence electrons. The predicted molar refractivity (Wildman–Crippen MR) is 68.7 cm³/mol. The van der Waals surface area contributed by atoms with Crippen LogP contribution in [0.15, 0.2) is 35.8 Å². The third-order valence-electron chi connectivity index (χ3n) is 3.15. The van der Waals surface area contributed by atoms with E-state index in [0.29, 0.717) is 5.92 Å². The summed E-state index contributed by atoms with van der Waals surface area (Å²) in [5.41, 5.74) is 1.26. The van der Waals surface area contributed by atoms with Gasteiger partial charge < -0.3 is 0 Å². The summed E-state index contributed by atoms with van der Waals surface area (Å²) in [7, 11) is 0. The first-order valence-corrected chi connectivity index (χ1v) is 6.69. The first kappa shape index (κ1) is 9.36. The van der Waals surface area contributed by atoms with Gasteiger partial charge in [-0.1, -0.05) is 6.07 Å². The molecule has 1 fully saturated rings. The summed E-state index contributed by atoms with van der Waals surface area (Å²) in [6, 6.07) is 8.11. The van der Waals surface area contributed by atoms with Gasteiger partial charge in [0.1, 0.15) is 4.83 Å². The van der Waals surface area contributed by atoms with Gasteiger partial charge in [0.25, 0.3) is 0 Å². The molecule has 17 heavy (non-hydrogen) atoms.